The molecule has 142 valence electrons. The Kier molecular flexibility index (Phi) is 9.86. The molecule has 0 spiro atoms. The molecule has 1 fully saturated rings. The molecular formula is C19H31ClN2O3. The second-order valence-corrected chi connectivity index (χ2v) is 6.37. The van der Waals surface area contributed by atoms with Crippen LogP contribution < -0.4 is 10.5 Å². The van der Waals surface area contributed by atoms with Crippen molar-refractivity contribution in [2.45, 2.75) is 51.7 Å². The first-order chi connectivity index (χ1) is 11.6. The number of likely N-dealkylation sites (tertiary alicyclic amines) is 1. The fraction of sp³-hybridized carbons (Fsp3) is 0.632. The van der Waals surface area contributed by atoms with Gasteiger partial charge in [0, 0.05) is 25.3 Å². The van der Waals surface area contributed by atoms with Gasteiger partial charge in [0.15, 0.2) is 0 Å². The Hall–Kier alpha value is -1.30. The van der Waals surface area contributed by atoms with Crippen LogP contribution in [0.2, 0.25) is 0 Å². The minimum atomic E-state index is 0. The molecule has 0 bridgehead atoms. The second-order valence-electron chi connectivity index (χ2n) is 6.37. The molecule has 0 radical (unpaired) electrons. The molecule has 1 aromatic rings. The number of rotatable bonds is 8. The third kappa shape index (κ3) is 6.84. The number of nitrogens with two attached hydrogens (primary N) is 1. The van der Waals surface area contributed by atoms with Crippen LogP contribution in [-0.2, 0) is 4.74 Å². The van der Waals surface area contributed by atoms with Crippen molar-refractivity contribution < 1.29 is 14.3 Å². The highest BCUT2D eigenvalue weighted by Gasteiger charge is 2.24. The predicted octanol–water partition coefficient (Wildman–Crippen LogP) is 3.26. The molecule has 6 heteroatoms. The average Bonchev–Trinajstić information content (AvgIpc) is 2.62. The number of piperidine rings is 1. The summed E-state index contributed by atoms with van der Waals surface area (Å²) in [7, 11) is 0. The van der Waals surface area contributed by atoms with Gasteiger partial charge in [-0.2, -0.15) is 0 Å². The van der Waals surface area contributed by atoms with E-state index in [1.807, 2.05) is 36.1 Å². The molecule has 2 N–H and O–H groups in total. The van der Waals surface area contributed by atoms with Crippen LogP contribution in [0.5, 0.6) is 5.75 Å². The number of amides is 1. The number of carbonyl (C=O) groups excluding carboxylic acids is 1. The minimum Gasteiger partial charge on any atom is -0.491 e. The van der Waals surface area contributed by atoms with Crippen molar-refractivity contribution in [3.05, 3.63) is 29.8 Å². The summed E-state index contributed by atoms with van der Waals surface area (Å²) >= 11 is 0. The molecule has 1 aliphatic rings. The van der Waals surface area contributed by atoms with Gasteiger partial charge in [-0.25, -0.2) is 0 Å². The van der Waals surface area contributed by atoms with Crippen molar-refractivity contribution in [2.24, 2.45) is 5.73 Å². The molecule has 1 atom stereocenters. The van der Waals surface area contributed by atoms with Gasteiger partial charge in [-0.15, -0.1) is 12.4 Å². The Bertz CT molecular complexity index is 502. The predicted molar refractivity (Wildman–Crippen MR) is 103 cm³/mol. The van der Waals surface area contributed by atoms with Crippen LogP contribution in [-0.4, -0.2) is 49.3 Å². The number of nitrogens with zero attached hydrogens (tertiary/aromatic N) is 1. The average molecular weight is 371 g/mol. The van der Waals surface area contributed by atoms with E-state index >= 15 is 0 Å². The standard InChI is InChI=1S/C19H30N2O3.ClH/c1-3-15(2)24-18-7-5-16(6-8-18)19(22)21-12-9-17(10-13-21)23-14-4-11-20;/h5-8,15,17H,3-4,9-14,20H2,1-2H3;1H. The van der Waals surface area contributed by atoms with E-state index in [4.69, 9.17) is 15.2 Å². The topological polar surface area (TPSA) is 64.8 Å². The summed E-state index contributed by atoms with van der Waals surface area (Å²) in [5.74, 6) is 0.901. The van der Waals surface area contributed by atoms with Crippen LogP contribution in [0.3, 0.4) is 0 Å². The Morgan fingerprint density at radius 3 is 2.48 bits per heavy atom. The van der Waals surface area contributed by atoms with Gasteiger partial charge >= 0.3 is 0 Å². The Morgan fingerprint density at radius 1 is 1.28 bits per heavy atom. The quantitative estimate of drug-likeness (QED) is 0.713. The van der Waals surface area contributed by atoms with Crippen molar-refractivity contribution >= 4 is 18.3 Å². The summed E-state index contributed by atoms with van der Waals surface area (Å²) in [5.41, 5.74) is 6.19. The van der Waals surface area contributed by atoms with Crippen LogP contribution in [0.1, 0.15) is 49.9 Å². The normalized spacial score (nSPS) is 16.2. The first kappa shape index (κ1) is 21.7. The minimum absolute atomic E-state index is 0. The number of hydrogen-bond donors (Lipinski definition) is 1. The van der Waals surface area contributed by atoms with E-state index in [0.717, 1.165) is 44.5 Å². The van der Waals surface area contributed by atoms with Crippen molar-refractivity contribution in [3.8, 4) is 5.75 Å². The third-order valence-corrected chi connectivity index (χ3v) is 4.44. The first-order valence-electron chi connectivity index (χ1n) is 9.01. The lowest BCUT2D eigenvalue weighted by atomic mass is 10.1. The molecule has 1 aromatic carbocycles. The maximum atomic E-state index is 12.6. The molecule has 0 aliphatic carbocycles. The number of carbonyl (C=O) groups is 1. The van der Waals surface area contributed by atoms with Crippen molar-refractivity contribution in [2.75, 3.05) is 26.2 Å². The van der Waals surface area contributed by atoms with E-state index in [0.29, 0.717) is 18.7 Å². The van der Waals surface area contributed by atoms with Crippen LogP contribution in [0.25, 0.3) is 0 Å². The third-order valence-electron chi connectivity index (χ3n) is 4.44. The molecule has 2 rings (SSSR count). The maximum absolute atomic E-state index is 12.6. The van der Waals surface area contributed by atoms with E-state index in [1.54, 1.807) is 0 Å². The second kappa shape index (κ2) is 11.3. The zero-order chi connectivity index (χ0) is 17.4. The Balaban J connectivity index is 0.00000312. The molecule has 0 aromatic heterocycles. The highest BCUT2D eigenvalue weighted by Crippen LogP contribution is 2.19. The van der Waals surface area contributed by atoms with Crippen LogP contribution in [0.15, 0.2) is 24.3 Å². The fourth-order valence-corrected chi connectivity index (χ4v) is 2.73. The highest BCUT2D eigenvalue weighted by atomic mass is 35.5. The summed E-state index contributed by atoms with van der Waals surface area (Å²) in [6.45, 7) is 7.00. The zero-order valence-corrected chi connectivity index (χ0v) is 16.1. The molecule has 1 unspecified atom stereocenters. The SMILES string of the molecule is CCC(C)Oc1ccc(C(=O)N2CCC(OCCCN)CC2)cc1.Cl. The first-order valence-corrected chi connectivity index (χ1v) is 9.01. The van der Waals surface area contributed by atoms with Gasteiger partial charge in [0.05, 0.1) is 12.2 Å². The van der Waals surface area contributed by atoms with Gasteiger partial charge in [0.25, 0.3) is 5.91 Å². The lowest BCUT2D eigenvalue weighted by molar-refractivity contribution is 0.00845. The molecule has 1 aliphatic heterocycles. The van der Waals surface area contributed by atoms with Gasteiger partial charge in [0.1, 0.15) is 5.75 Å². The summed E-state index contributed by atoms with van der Waals surface area (Å²) in [4.78, 5) is 14.5. The molecule has 1 saturated heterocycles. The molecule has 1 amide bonds. The van der Waals surface area contributed by atoms with Crippen molar-refractivity contribution in [1.29, 1.82) is 0 Å². The van der Waals surface area contributed by atoms with Crippen LogP contribution in [0.4, 0.5) is 0 Å². The summed E-state index contributed by atoms with van der Waals surface area (Å²) < 4.78 is 11.5. The zero-order valence-electron chi connectivity index (χ0n) is 15.3. The molecule has 1 heterocycles. The number of hydrogen-bond acceptors (Lipinski definition) is 4. The summed E-state index contributed by atoms with van der Waals surface area (Å²) in [5, 5.41) is 0. The van der Waals surface area contributed by atoms with Gasteiger partial charge in [-0.3, -0.25) is 4.79 Å². The monoisotopic (exact) mass is 370 g/mol. The van der Waals surface area contributed by atoms with Gasteiger partial charge in [-0.1, -0.05) is 6.92 Å². The number of ether oxygens (including phenoxy) is 2. The van der Waals surface area contributed by atoms with Gasteiger partial charge in [-0.05, 0) is 63.4 Å². The molecular weight excluding hydrogens is 340 g/mol. The van der Waals surface area contributed by atoms with Crippen LogP contribution in [0, 0.1) is 0 Å². The number of benzene rings is 1. The lowest BCUT2D eigenvalue weighted by Gasteiger charge is -2.32. The van der Waals surface area contributed by atoms with E-state index < -0.39 is 0 Å². The largest absolute Gasteiger partial charge is 0.491 e. The molecule has 5 nitrogen and oxygen atoms in total. The van der Waals surface area contributed by atoms with E-state index in [-0.39, 0.29) is 30.5 Å². The van der Waals surface area contributed by atoms with Gasteiger partial charge < -0.3 is 20.1 Å². The fourth-order valence-electron chi connectivity index (χ4n) is 2.73. The smallest absolute Gasteiger partial charge is 0.253 e. The van der Waals surface area contributed by atoms with E-state index in [1.165, 1.54) is 0 Å². The van der Waals surface area contributed by atoms with Crippen molar-refractivity contribution in [1.82, 2.24) is 4.90 Å². The lowest BCUT2D eigenvalue weighted by Crippen LogP contribution is -2.41. The summed E-state index contributed by atoms with van der Waals surface area (Å²) in [6.07, 6.45) is 4.08. The molecule has 25 heavy (non-hydrogen) atoms. The van der Waals surface area contributed by atoms with E-state index in [2.05, 4.69) is 6.92 Å². The Labute approximate surface area is 157 Å². The highest BCUT2D eigenvalue weighted by molar-refractivity contribution is 5.94. The summed E-state index contributed by atoms with van der Waals surface area (Å²) in [6, 6.07) is 7.46. The van der Waals surface area contributed by atoms with Crippen molar-refractivity contribution in [3.63, 3.8) is 0 Å². The molecule has 0 saturated carbocycles. The van der Waals surface area contributed by atoms with E-state index in [9.17, 15) is 4.79 Å². The number of halogens is 1. The van der Waals surface area contributed by atoms with Crippen LogP contribution >= 0.6 is 12.4 Å². The van der Waals surface area contributed by atoms with Gasteiger partial charge in [0.2, 0.25) is 0 Å². The Morgan fingerprint density at radius 2 is 1.92 bits per heavy atom. The maximum Gasteiger partial charge on any atom is 0.253 e.